The largest absolute Gasteiger partial charge is 0.423 e. The number of halogens is 3. The van der Waals surface area contributed by atoms with E-state index < -0.39 is 11.8 Å². The Labute approximate surface area is 168 Å². The number of hydrogen-bond acceptors (Lipinski definition) is 7. The van der Waals surface area contributed by atoms with Gasteiger partial charge in [0.05, 0.1) is 5.56 Å². The van der Waals surface area contributed by atoms with Gasteiger partial charge in [-0.2, -0.15) is 18.2 Å². The first kappa shape index (κ1) is 18.8. The van der Waals surface area contributed by atoms with Gasteiger partial charge >= 0.3 is 6.18 Å². The van der Waals surface area contributed by atoms with Crippen LogP contribution in [-0.4, -0.2) is 46.4 Å². The van der Waals surface area contributed by atoms with Crippen molar-refractivity contribution >= 4 is 28.5 Å². The van der Waals surface area contributed by atoms with Crippen LogP contribution in [-0.2, 0) is 5.60 Å². The minimum Gasteiger partial charge on any atom is -0.423 e. The van der Waals surface area contributed by atoms with Gasteiger partial charge in [-0.05, 0) is 37.5 Å². The summed E-state index contributed by atoms with van der Waals surface area (Å²) in [6.07, 6.45) is -1.08. The highest BCUT2D eigenvalue weighted by Crippen LogP contribution is 2.43. The average molecular weight is 424 g/mol. The molecule has 2 bridgehead atoms. The van der Waals surface area contributed by atoms with Crippen molar-refractivity contribution in [3.05, 3.63) is 29.3 Å². The van der Waals surface area contributed by atoms with E-state index in [1.807, 2.05) is 4.90 Å². The SMILES string of the molecule is CC(O)(c1cc(-c2nccs2)c2oc(N3CC4CCC(C3)N4)nc2c1)C(F)(F)F. The lowest BCUT2D eigenvalue weighted by Gasteiger charge is -2.31. The van der Waals surface area contributed by atoms with Crippen LogP contribution in [0.4, 0.5) is 19.2 Å². The molecule has 5 rings (SSSR count). The van der Waals surface area contributed by atoms with Crippen molar-refractivity contribution in [2.45, 2.75) is 43.6 Å². The quantitative estimate of drug-likeness (QED) is 0.669. The molecule has 4 heterocycles. The summed E-state index contributed by atoms with van der Waals surface area (Å²) in [6, 6.07) is 3.67. The molecule has 0 spiro atoms. The first-order chi connectivity index (χ1) is 13.7. The molecular formula is C19H19F3N4O2S. The van der Waals surface area contributed by atoms with Gasteiger partial charge in [0.15, 0.2) is 11.2 Å². The number of benzene rings is 1. The first-order valence-electron chi connectivity index (χ1n) is 9.37. The van der Waals surface area contributed by atoms with Crippen LogP contribution in [0.15, 0.2) is 28.1 Å². The monoisotopic (exact) mass is 424 g/mol. The van der Waals surface area contributed by atoms with Crippen molar-refractivity contribution in [2.75, 3.05) is 18.0 Å². The molecule has 2 fully saturated rings. The van der Waals surface area contributed by atoms with E-state index in [4.69, 9.17) is 4.42 Å². The van der Waals surface area contributed by atoms with E-state index >= 15 is 0 Å². The molecule has 29 heavy (non-hydrogen) atoms. The van der Waals surface area contributed by atoms with Crippen LogP contribution in [0, 0.1) is 0 Å². The van der Waals surface area contributed by atoms with E-state index in [-0.39, 0.29) is 11.1 Å². The van der Waals surface area contributed by atoms with Crippen LogP contribution in [0.25, 0.3) is 21.7 Å². The lowest BCUT2D eigenvalue weighted by Crippen LogP contribution is -2.51. The second-order valence-corrected chi connectivity index (χ2v) is 8.71. The molecule has 2 saturated heterocycles. The fourth-order valence-electron chi connectivity index (χ4n) is 4.07. The van der Waals surface area contributed by atoms with Crippen molar-refractivity contribution in [3.63, 3.8) is 0 Å². The Morgan fingerprint density at radius 2 is 1.97 bits per heavy atom. The topological polar surface area (TPSA) is 74.4 Å². The minimum absolute atomic E-state index is 0.276. The molecule has 10 heteroatoms. The molecule has 0 saturated carbocycles. The van der Waals surface area contributed by atoms with Crippen molar-refractivity contribution in [3.8, 4) is 10.6 Å². The van der Waals surface area contributed by atoms with Crippen molar-refractivity contribution in [1.82, 2.24) is 15.3 Å². The Kier molecular flexibility index (Phi) is 4.17. The molecule has 3 aromatic rings. The second-order valence-electron chi connectivity index (χ2n) is 7.82. The number of oxazole rings is 1. The lowest BCUT2D eigenvalue weighted by molar-refractivity contribution is -0.258. The van der Waals surface area contributed by atoms with E-state index in [1.165, 1.54) is 23.5 Å². The number of nitrogens with zero attached hydrogens (tertiary/aromatic N) is 3. The van der Waals surface area contributed by atoms with Gasteiger partial charge in [-0.25, -0.2) is 4.98 Å². The first-order valence-corrected chi connectivity index (χ1v) is 10.3. The predicted octanol–water partition coefficient (Wildman–Crippen LogP) is 3.66. The number of nitrogens with one attached hydrogen (secondary N) is 1. The van der Waals surface area contributed by atoms with Gasteiger partial charge in [-0.15, -0.1) is 11.3 Å². The van der Waals surface area contributed by atoms with Gasteiger partial charge in [0.1, 0.15) is 10.5 Å². The molecule has 6 nitrogen and oxygen atoms in total. The van der Waals surface area contributed by atoms with Crippen LogP contribution in [0.1, 0.15) is 25.3 Å². The Hall–Kier alpha value is -2.17. The Bertz CT molecular complexity index is 1040. The summed E-state index contributed by atoms with van der Waals surface area (Å²) in [5.41, 5.74) is -2.25. The Balaban J connectivity index is 1.64. The van der Waals surface area contributed by atoms with Crippen molar-refractivity contribution < 1.29 is 22.7 Å². The standard InChI is InChI=1S/C19H19F3N4O2S/c1-18(27,19(20,21)22)10-6-13(16-23-4-5-29-16)15-14(7-10)25-17(28-15)26-8-11-2-3-12(9-26)24-11/h4-7,11-12,24,27H,2-3,8-9H2,1H3. The number of aromatic nitrogens is 2. The van der Waals surface area contributed by atoms with E-state index in [9.17, 15) is 18.3 Å². The summed E-state index contributed by atoms with van der Waals surface area (Å²) in [6.45, 7) is 2.22. The zero-order valence-electron chi connectivity index (χ0n) is 15.5. The number of rotatable bonds is 3. The number of thiazole rings is 1. The van der Waals surface area contributed by atoms with Gasteiger partial charge in [0.2, 0.25) is 0 Å². The highest BCUT2D eigenvalue weighted by molar-refractivity contribution is 7.13. The van der Waals surface area contributed by atoms with E-state index in [2.05, 4.69) is 15.3 Å². The van der Waals surface area contributed by atoms with E-state index in [0.29, 0.717) is 34.3 Å². The molecule has 0 aliphatic carbocycles. The number of hydrogen-bond donors (Lipinski definition) is 2. The van der Waals surface area contributed by atoms with Crippen molar-refractivity contribution in [1.29, 1.82) is 0 Å². The van der Waals surface area contributed by atoms with E-state index in [0.717, 1.165) is 32.9 Å². The van der Waals surface area contributed by atoms with Crippen molar-refractivity contribution in [2.24, 2.45) is 0 Å². The van der Waals surface area contributed by atoms with Crippen LogP contribution >= 0.6 is 11.3 Å². The molecule has 2 aliphatic heterocycles. The van der Waals surface area contributed by atoms with Gasteiger partial charge in [-0.1, -0.05) is 0 Å². The van der Waals surface area contributed by atoms with Gasteiger partial charge in [-0.3, -0.25) is 0 Å². The third-order valence-electron chi connectivity index (χ3n) is 5.74. The third kappa shape index (κ3) is 3.10. The molecule has 154 valence electrons. The average Bonchev–Trinajstić information content (AvgIpc) is 3.39. The fraction of sp³-hybridized carbons (Fsp3) is 0.474. The number of fused-ring (bicyclic) bond motifs is 3. The van der Waals surface area contributed by atoms with Gasteiger partial charge in [0, 0.05) is 36.8 Å². The summed E-state index contributed by atoms with van der Waals surface area (Å²) in [7, 11) is 0. The number of alkyl halides is 3. The summed E-state index contributed by atoms with van der Waals surface area (Å²) in [4.78, 5) is 10.7. The molecule has 1 aromatic carbocycles. The van der Waals surface area contributed by atoms with Crippen LogP contribution in [0.3, 0.4) is 0 Å². The zero-order chi connectivity index (χ0) is 20.4. The molecule has 0 radical (unpaired) electrons. The van der Waals surface area contributed by atoms with Crippen LogP contribution < -0.4 is 10.2 Å². The smallest absolute Gasteiger partial charge is 0.421 e. The van der Waals surface area contributed by atoms with Gasteiger partial charge in [0.25, 0.3) is 6.01 Å². The summed E-state index contributed by atoms with van der Waals surface area (Å²) < 4.78 is 46.4. The number of piperazine rings is 1. The minimum atomic E-state index is -4.83. The predicted molar refractivity (Wildman–Crippen MR) is 103 cm³/mol. The molecule has 2 aromatic heterocycles. The maximum atomic E-state index is 13.5. The number of aliphatic hydroxyl groups is 1. The number of anilines is 1. The highest BCUT2D eigenvalue weighted by atomic mass is 32.1. The molecule has 2 aliphatic rings. The maximum absolute atomic E-state index is 13.5. The Morgan fingerprint density at radius 3 is 2.59 bits per heavy atom. The Morgan fingerprint density at radius 1 is 1.24 bits per heavy atom. The fourth-order valence-corrected chi connectivity index (χ4v) is 4.72. The normalized spacial score (nSPS) is 24.2. The summed E-state index contributed by atoms with van der Waals surface area (Å²) >= 11 is 1.29. The summed E-state index contributed by atoms with van der Waals surface area (Å²) in [5.74, 6) is 0. The highest BCUT2D eigenvalue weighted by Gasteiger charge is 2.51. The second kappa shape index (κ2) is 6.41. The lowest BCUT2D eigenvalue weighted by atomic mass is 9.93. The molecular weight excluding hydrogens is 405 g/mol. The van der Waals surface area contributed by atoms with Gasteiger partial charge < -0.3 is 19.7 Å². The van der Waals surface area contributed by atoms with E-state index in [1.54, 1.807) is 11.6 Å². The molecule has 2 N–H and O–H groups in total. The zero-order valence-corrected chi connectivity index (χ0v) is 16.3. The van der Waals surface area contributed by atoms with Crippen LogP contribution in [0.2, 0.25) is 0 Å². The molecule has 3 atom stereocenters. The van der Waals surface area contributed by atoms with Crippen LogP contribution in [0.5, 0.6) is 0 Å². The maximum Gasteiger partial charge on any atom is 0.421 e. The third-order valence-corrected chi connectivity index (χ3v) is 6.55. The molecule has 0 amide bonds. The summed E-state index contributed by atoms with van der Waals surface area (Å²) in [5, 5.41) is 16.0. The molecule has 3 unspecified atom stereocenters.